The monoisotopic (exact) mass is 300 g/mol. The van der Waals surface area contributed by atoms with Gasteiger partial charge in [-0.3, -0.25) is 4.79 Å². The second-order valence-electron chi connectivity index (χ2n) is 4.63. The minimum atomic E-state index is -0.152. The number of nitrogens with zero attached hydrogens (tertiary/aromatic N) is 2. The van der Waals surface area contributed by atoms with Crippen molar-refractivity contribution in [1.29, 1.82) is 0 Å². The zero-order chi connectivity index (χ0) is 14.7. The van der Waals surface area contributed by atoms with Crippen LogP contribution in [0.15, 0.2) is 42.9 Å². The normalized spacial score (nSPS) is 10.7. The highest BCUT2D eigenvalue weighted by Crippen LogP contribution is 2.11. The van der Waals surface area contributed by atoms with Crippen LogP contribution in [0.1, 0.15) is 15.9 Å². The maximum Gasteiger partial charge on any atom is 0.252 e. The van der Waals surface area contributed by atoms with E-state index in [1.807, 2.05) is 24.3 Å². The number of hydrogen-bond acceptors (Lipinski definition) is 3. The molecule has 2 N–H and O–H groups in total. The molecule has 0 unspecified atom stereocenters. The fraction of sp³-hybridized carbons (Fsp3) is 0.133. The summed E-state index contributed by atoms with van der Waals surface area (Å²) in [5.74, 6) is -0.152. The molecule has 3 aromatic rings. The lowest BCUT2D eigenvalue weighted by atomic mass is 10.1. The molecule has 0 aliphatic carbocycles. The van der Waals surface area contributed by atoms with Gasteiger partial charge in [-0.2, -0.15) is 0 Å². The van der Waals surface area contributed by atoms with E-state index < -0.39 is 0 Å². The second kappa shape index (κ2) is 5.93. The van der Waals surface area contributed by atoms with Crippen molar-refractivity contribution in [2.24, 2.45) is 0 Å². The Labute approximate surface area is 126 Å². The fourth-order valence-corrected chi connectivity index (χ4v) is 2.28. The zero-order valence-electron chi connectivity index (χ0n) is 11.1. The topological polar surface area (TPSA) is 70.7 Å². The van der Waals surface area contributed by atoms with Crippen molar-refractivity contribution < 1.29 is 4.79 Å². The van der Waals surface area contributed by atoms with Gasteiger partial charge < -0.3 is 10.3 Å². The van der Waals surface area contributed by atoms with Crippen LogP contribution in [0, 0.1) is 0 Å². The van der Waals surface area contributed by atoms with E-state index in [-0.39, 0.29) is 5.91 Å². The molecule has 106 valence electrons. The Bertz CT molecular complexity index is 784. The first-order valence-electron chi connectivity index (χ1n) is 6.54. The van der Waals surface area contributed by atoms with E-state index in [0.29, 0.717) is 22.8 Å². The lowest BCUT2D eigenvalue weighted by molar-refractivity contribution is 0.0954. The van der Waals surface area contributed by atoms with Crippen molar-refractivity contribution in [1.82, 2.24) is 20.3 Å². The van der Waals surface area contributed by atoms with Crippen molar-refractivity contribution in [3.05, 3.63) is 59.0 Å². The van der Waals surface area contributed by atoms with Gasteiger partial charge in [0.15, 0.2) is 5.65 Å². The molecular weight excluding hydrogens is 288 g/mol. The second-order valence-corrected chi connectivity index (χ2v) is 5.07. The number of halogens is 1. The molecule has 1 amide bonds. The van der Waals surface area contributed by atoms with E-state index >= 15 is 0 Å². The number of rotatable bonds is 4. The van der Waals surface area contributed by atoms with Gasteiger partial charge in [0, 0.05) is 17.8 Å². The molecule has 0 saturated carbocycles. The average Bonchev–Trinajstić information content (AvgIpc) is 2.94. The Morgan fingerprint density at radius 3 is 3.05 bits per heavy atom. The predicted molar refractivity (Wildman–Crippen MR) is 81.4 cm³/mol. The van der Waals surface area contributed by atoms with Crippen LogP contribution in [0.2, 0.25) is 5.02 Å². The average molecular weight is 301 g/mol. The number of aromatic amines is 1. The predicted octanol–water partition coefficient (Wildman–Crippen LogP) is 2.58. The van der Waals surface area contributed by atoms with Gasteiger partial charge in [-0.25, -0.2) is 9.97 Å². The summed E-state index contributed by atoms with van der Waals surface area (Å²) in [6.07, 6.45) is 3.81. The quantitative estimate of drug-likeness (QED) is 0.778. The van der Waals surface area contributed by atoms with Gasteiger partial charge in [-0.15, -0.1) is 0 Å². The Balaban J connectivity index is 1.61. The Morgan fingerprint density at radius 2 is 2.19 bits per heavy atom. The fourth-order valence-electron chi connectivity index (χ4n) is 2.07. The number of fused-ring (bicyclic) bond motifs is 1. The number of imidazole rings is 1. The molecule has 21 heavy (non-hydrogen) atoms. The van der Waals surface area contributed by atoms with Gasteiger partial charge in [0.1, 0.15) is 0 Å². The molecule has 1 aromatic carbocycles. The van der Waals surface area contributed by atoms with Gasteiger partial charge >= 0.3 is 0 Å². The van der Waals surface area contributed by atoms with Crippen molar-refractivity contribution in [2.75, 3.05) is 6.54 Å². The lowest BCUT2D eigenvalue weighted by Crippen LogP contribution is -2.25. The molecule has 0 saturated heterocycles. The van der Waals surface area contributed by atoms with E-state index in [0.717, 1.165) is 17.5 Å². The molecule has 0 aliphatic rings. The van der Waals surface area contributed by atoms with Crippen molar-refractivity contribution >= 4 is 28.7 Å². The molecule has 0 aliphatic heterocycles. The molecule has 0 atom stereocenters. The van der Waals surface area contributed by atoms with E-state index in [9.17, 15) is 4.79 Å². The Morgan fingerprint density at radius 1 is 1.29 bits per heavy atom. The van der Waals surface area contributed by atoms with Crippen LogP contribution in [0.4, 0.5) is 0 Å². The first-order valence-corrected chi connectivity index (χ1v) is 6.92. The number of H-pyrrole nitrogens is 1. The van der Waals surface area contributed by atoms with E-state index in [2.05, 4.69) is 20.3 Å². The molecule has 3 rings (SSSR count). The summed E-state index contributed by atoms with van der Waals surface area (Å²) >= 11 is 5.92. The highest BCUT2D eigenvalue weighted by Gasteiger charge is 2.07. The van der Waals surface area contributed by atoms with Crippen LogP contribution in [-0.4, -0.2) is 27.4 Å². The van der Waals surface area contributed by atoms with Gasteiger partial charge in [-0.1, -0.05) is 23.7 Å². The molecule has 2 heterocycles. The minimum absolute atomic E-state index is 0.152. The summed E-state index contributed by atoms with van der Waals surface area (Å²) in [7, 11) is 0. The maximum atomic E-state index is 12.1. The van der Waals surface area contributed by atoms with Crippen molar-refractivity contribution in [3.63, 3.8) is 0 Å². The molecule has 6 heteroatoms. The summed E-state index contributed by atoms with van der Waals surface area (Å²) in [5, 5.41) is 3.57. The van der Waals surface area contributed by atoms with Gasteiger partial charge in [-0.05, 0) is 30.2 Å². The number of benzene rings is 1. The summed E-state index contributed by atoms with van der Waals surface area (Å²) in [4.78, 5) is 23.1. The van der Waals surface area contributed by atoms with Crippen LogP contribution in [-0.2, 0) is 6.42 Å². The number of amides is 1. The standard InChI is InChI=1S/C15H13ClN4O/c16-12-3-1-2-10(6-12)4-5-17-15(21)11-7-13-14(18-8-11)20-9-19-13/h1-3,6-9H,4-5H2,(H,17,21)(H,18,19,20). The lowest BCUT2D eigenvalue weighted by Gasteiger charge is -2.05. The Hall–Kier alpha value is -2.40. The third kappa shape index (κ3) is 3.20. The van der Waals surface area contributed by atoms with Gasteiger partial charge in [0.2, 0.25) is 0 Å². The summed E-state index contributed by atoms with van der Waals surface area (Å²) < 4.78 is 0. The smallest absolute Gasteiger partial charge is 0.252 e. The highest BCUT2D eigenvalue weighted by atomic mass is 35.5. The SMILES string of the molecule is O=C(NCCc1cccc(Cl)c1)c1cnc2nc[nH]c2c1. The first kappa shape index (κ1) is 13.6. The molecule has 0 bridgehead atoms. The summed E-state index contributed by atoms with van der Waals surface area (Å²) in [6.45, 7) is 0.542. The van der Waals surface area contributed by atoms with E-state index in [1.54, 1.807) is 12.4 Å². The third-order valence-corrected chi connectivity index (χ3v) is 3.36. The molecule has 0 spiro atoms. The summed E-state index contributed by atoms with van der Waals surface area (Å²) in [5.41, 5.74) is 2.95. The zero-order valence-corrected chi connectivity index (χ0v) is 11.9. The highest BCUT2D eigenvalue weighted by molar-refractivity contribution is 6.30. The van der Waals surface area contributed by atoms with Crippen molar-refractivity contribution in [3.8, 4) is 0 Å². The van der Waals surface area contributed by atoms with Crippen molar-refractivity contribution in [2.45, 2.75) is 6.42 Å². The number of carbonyl (C=O) groups excluding carboxylic acids is 1. The first-order chi connectivity index (χ1) is 10.2. The van der Waals surface area contributed by atoms with Crippen LogP contribution in [0.25, 0.3) is 11.2 Å². The van der Waals surface area contributed by atoms with Crippen LogP contribution in [0.5, 0.6) is 0 Å². The van der Waals surface area contributed by atoms with Crippen LogP contribution >= 0.6 is 11.6 Å². The molecule has 5 nitrogen and oxygen atoms in total. The van der Waals surface area contributed by atoms with Gasteiger partial charge in [0.25, 0.3) is 5.91 Å². The largest absolute Gasteiger partial charge is 0.352 e. The number of nitrogens with one attached hydrogen (secondary N) is 2. The van der Waals surface area contributed by atoms with Crippen LogP contribution < -0.4 is 5.32 Å². The van der Waals surface area contributed by atoms with Crippen LogP contribution in [0.3, 0.4) is 0 Å². The van der Waals surface area contributed by atoms with E-state index in [1.165, 1.54) is 6.20 Å². The Kier molecular flexibility index (Phi) is 3.83. The molecule has 2 aromatic heterocycles. The molecule has 0 radical (unpaired) electrons. The van der Waals surface area contributed by atoms with Gasteiger partial charge in [0.05, 0.1) is 17.4 Å². The summed E-state index contributed by atoms with van der Waals surface area (Å²) in [6, 6.07) is 9.34. The molecular formula is C15H13ClN4O. The number of aromatic nitrogens is 3. The minimum Gasteiger partial charge on any atom is -0.352 e. The maximum absolute atomic E-state index is 12.1. The number of pyridine rings is 1. The number of carbonyl (C=O) groups is 1. The van der Waals surface area contributed by atoms with E-state index in [4.69, 9.17) is 11.6 Å². The number of hydrogen-bond donors (Lipinski definition) is 2. The third-order valence-electron chi connectivity index (χ3n) is 3.12. The molecule has 0 fully saturated rings.